The highest BCUT2D eigenvalue weighted by Gasteiger charge is 2.35. The summed E-state index contributed by atoms with van der Waals surface area (Å²) in [4.78, 5) is 12.4. The van der Waals surface area contributed by atoms with Crippen LogP contribution in [-0.2, 0) is 21.1 Å². The Balaban J connectivity index is 1.61. The first-order valence-corrected chi connectivity index (χ1v) is 10.4. The van der Waals surface area contributed by atoms with Crippen LogP contribution in [0, 0.1) is 11.8 Å². The van der Waals surface area contributed by atoms with E-state index in [0.717, 1.165) is 25.7 Å². The normalized spacial score (nSPS) is 30.0. The fraction of sp³-hybridized carbons (Fsp3) is 0.611. The van der Waals surface area contributed by atoms with Crippen LogP contribution in [0.2, 0.25) is 0 Å². The van der Waals surface area contributed by atoms with E-state index in [9.17, 15) is 13.2 Å². The summed E-state index contributed by atoms with van der Waals surface area (Å²) >= 11 is 0. The van der Waals surface area contributed by atoms with Crippen molar-refractivity contribution in [3.63, 3.8) is 0 Å². The van der Waals surface area contributed by atoms with Gasteiger partial charge in [-0.3, -0.25) is 4.79 Å². The Hall–Kier alpha value is -1.36. The van der Waals surface area contributed by atoms with Crippen molar-refractivity contribution in [2.75, 3.05) is 11.5 Å². The van der Waals surface area contributed by atoms with Gasteiger partial charge in [0, 0.05) is 6.04 Å². The van der Waals surface area contributed by atoms with E-state index >= 15 is 0 Å². The molecule has 2 aliphatic rings. The van der Waals surface area contributed by atoms with Gasteiger partial charge in [0.05, 0.1) is 17.4 Å². The van der Waals surface area contributed by atoms with Crippen molar-refractivity contribution in [3.05, 3.63) is 35.9 Å². The molecule has 0 radical (unpaired) electrons. The third-order valence-electron chi connectivity index (χ3n) is 5.18. The van der Waals surface area contributed by atoms with Crippen molar-refractivity contribution in [2.24, 2.45) is 11.8 Å². The molecular formula is C18H25NO3S. The monoisotopic (exact) mass is 335 g/mol. The molecule has 1 saturated heterocycles. The molecule has 23 heavy (non-hydrogen) atoms. The number of hydrogen-bond acceptors (Lipinski definition) is 3. The van der Waals surface area contributed by atoms with Crippen molar-refractivity contribution >= 4 is 15.7 Å². The first-order chi connectivity index (χ1) is 11.0. The van der Waals surface area contributed by atoms with Gasteiger partial charge in [-0.2, -0.15) is 0 Å². The number of nitrogens with one attached hydrogen (secondary N) is 1. The van der Waals surface area contributed by atoms with Gasteiger partial charge in [0.25, 0.3) is 0 Å². The van der Waals surface area contributed by atoms with Gasteiger partial charge in [0.15, 0.2) is 9.84 Å². The fourth-order valence-corrected chi connectivity index (χ4v) is 5.60. The molecule has 1 amide bonds. The van der Waals surface area contributed by atoms with Crippen LogP contribution in [0.4, 0.5) is 0 Å². The average Bonchev–Trinajstić information content (AvgIpc) is 2.90. The van der Waals surface area contributed by atoms with Gasteiger partial charge < -0.3 is 5.32 Å². The lowest BCUT2D eigenvalue weighted by Gasteiger charge is -2.33. The Kier molecular flexibility index (Phi) is 5.05. The largest absolute Gasteiger partial charge is 0.353 e. The molecule has 5 heteroatoms. The molecule has 2 fully saturated rings. The SMILES string of the molecule is O=C(N[C@@H]1CCCC[C@H]1Cc1ccccc1)[C@@H]1CCS(=O)(=O)C1. The van der Waals surface area contributed by atoms with E-state index in [0.29, 0.717) is 12.3 Å². The van der Waals surface area contributed by atoms with E-state index in [2.05, 4.69) is 29.6 Å². The molecule has 0 unspecified atom stereocenters. The fourth-order valence-electron chi connectivity index (χ4n) is 3.86. The second kappa shape index (κ2) is 7.04. The van der Waals surface area contributed by atoms with Crippen LogP contribution in [0.25, 0.3) is 0 Å². The minimum atomic E-state index is -3.00. The number of amides is 1. The highest BCUT2D eigenvalue weighted by atomic mass is 32.2. The standard InChI is InChI=1S/C18H25NO3S/c20-18(16-10-11-23(21,22)13-16)19-17-9-5-4-8-15(17)12-14-6-2-1-3-7-14/h1-3,6-7,15-17H,4-5,8-13H2,(H,19,20)/t15-,16+,17+/m0/s1. The van der Waals surface area contributed by atoms with Crippen molar-refractivity contribution in [1.82, 2.24) is 5.32 Å². The van der Waals surface area contributed by atoms with Crippen LogP contribution in [0.15, 0.2) is 30.3 Å². The molecule has 1 heterocycles. The van der Waals surface area contributed by atoms with E-state index in [1.807, 2.05) is 6.07 Å². The lowest BCUT2D eigenvalue weighted by Crippen LogP contribution is -2.45. The van der Waals surface area contributed by atoms with E-state index in [1.54, 1.807) is 0 Å². The maximum atomic E-state index is 12.4. The van der Waals surface area contributed by atoms with Gasteiger partial charge in [-0.1, -0.05) is 43.2 Å². The summed E-state index contributed by atoms with van der Waals surface area (Å²) < 4.78 is 23.1. The minimum Gasteiger partial charge on any atom is -0.353 e. The quantitative estimate of drug-likeness (QED) is 0.918. The molecule has 0 spiro atoms. The van der Waals surface area contributed by atoms with Gasteiger partial charge >= 0.3 is 0 Å². The van der Waals surface area contributed by atoms with E-state index < -0.39 is 9.84 Å². The van der Waals surface area contributed by atoms with Gasteiger partial charge in [0.1, 0.15) is 0 Å². The molecule has 1 aromatic rings. The zero-order valence-electron chi connectivity index (χ0n) is 13.4. The predicted octanol–water partition coefficient (Wildman–Crippen LogP) is 2.34. The van der Waals surface area contributed by atoms with Gasteiger partial charge in [0.2, 0.25) is 5.91 Å². The molecule has 0 bridgehead atoms. The molecule has 1 aromatic carbocycles. The van der Waals surface area contributed by atoms with Crippen LogP contribution < -0.4 is 5.32 Å². The topological polar surface area (TPSA) is 63.2 Å². The van der Waals surface area contributed by atoms with Gasteiger partial charge in [-0.05, 0) is 37.2 Å². The summed E-state index contributed by atoms with van der Waals surface area (Å²) in [6.45, 7) is 0. The minimum absolute atomic E-state index is 0.0227. The predicted molar refractivity (Wildman–Crippen MR) is 90.8 cm³/mol. The number of sulfone groups is 1. The molecule has 3 atom stereocenters. The molecule has 4 nitrogen and oxygen atoms in total. The van der Waals surface area contributed by atoms with Crippen LogP contribution in [0.1, 0.15) is 37.7 Å². The Morgan fingerprint density at radius 1 is 1.09 bits per heavy atom. The third-order valence-corrected chi connectivity index (χ3v) is 6.95. The number of carbonyl (C=O) groups excluding carboxylic acids is 1. The smallest absolute Gasteiger partial charge is 0.224 e. The van der Waals surface area contributed by atoms with Crippen LogP contribution in [0.5, 0.6) is 0 Å². The Labute approximate surface area is 138 Å². The van der Waals surface area contributed by atoms with E-state index in [1.165, 1.54) is 12.0 Å². The van der Waals surface area contributed by atoms with Gasteiger partial charge in [-0.15, -0.1) is 0 Å². The number of rotatable bonds is 4. The maximum Gasteiger partial charge on any atom is 0.224 e. The summed E-state index contributed by atoms with van der Waals surface area (Å²) in [5.74, 6) is 0.224. The molecule has 0 aromatic heterocycles. The van der Waals surface area contributed by atoms with Crippen molar-refractivity contribution in [3.8, 4) is 0 Å². The summed E-state index contributed by atoms with van der Waals surface area (Å²) in [7, 11) is -3.00. The Morgan fingerprint density at radius 3 is 2.52 bits per heavy atom. The third kappa shape index (κ3) is 4.34. The van der Waals surface area contributed by atoms with E-state index in [4.69, 9.17) is 0 Å². The first kappa shape index (κ1) is 16.5. The summed E-state index contributed by atoms with van der Waals surface area (Å²) in [5, 5.41) is 3.17. The first-order valence-electron chi connectivity index (χ1n) is 8.58. The van der Waals surface area contributed by atoms with E-state index in [-0.39, 0.29) is 29.4 Å². The maximum absolute atomic E-state index is 12.4. The van der Waals surface area contributed by atoms with Crippen LogP contribution >= 0.6 is 0 Å². The highest BCUT2D eigenvalue weighted by Crippen LogP contribution is 2.28. The summed E-state index contributed by atoms with van der Waals surface area (Å²) in [5.41, 5.74) is 1.31. The highest BCUT2D eigenvalue weighted by molar-refractivity contribution is 7.91. The molecule has 126 valence electrons. The number of benzene rings is 1. The number of hydrogen-bond donors (Lipinski definition) is 1. The van der Waals surface area contributed by atoms with Crippen molar-refractivity contribution < 1.29 is 13.2 Å². The zero-order valence-corrected chi connectivity index (χ0v) is 14.2. The summed E-state index contributed by atoms with van der Waals surface area (Å²) in [6.07, 6.45) is 5.94. The zero-order chi connectivity index (χ0) is 16.3. The average molecular weight is 335 g/mol. The van der Waals surface area contributed by atoms with Crippen LogP contribution in [-0.4, -0.2) is 31.9 Å². The molecule has 1 aliphatic carbocycles. The second-order valence-electron chi connectivity index (χ2n) is 6.95. The lowest BCUT2D eigenvalue weighted by atomic mass is 9.80. The van der Waals surface area contributed by atoms with Crippen molar-refractivity contribution in [2.45, 2.75) is 44.6 Å². The number of carbonyl (C=O) groups is 1. The molecule has 1 aliphatic heterocycles. The Bertz CT molecular complexity index is 641. The van der Waals surface area contributed by atoms with Gasteiger partial charge in [-0.25, -0.2) is 8.42 Å². The second-order valence-corrected chi connectivity index (χ2v) is 9.18. The Morgan fingerprint density at radius 2 is 1.83 bits per heavy atom. The van der Waals surface area contributed by atoms with Crippen LogP contribution in [0.3, 0.4) is 0 Å². The molecule has 3 rings (SSSR count). The molecular weight excluding hydrogens is 310 g/mol. The molecule has 1 saturated carbocycles. The lowest BCUT2D eigenvalue weighted by molar-refractivity contribution is -0.125. The molecule has 1 N–H and O–H groups in total. The van der Waals surface area contributed by atoms with Crippen molar-refractivity contribution in [1.29, 1.82) is 0 Å². The summed E-state index contributed by atoms with van der Waals surface area (Å²) in [6, 6.07) is 10.6.